The highest BCUT2D eigenvalue weighted by Crippen LogP contribution is 2.28. The molecular weight excluding hydrogens is 310 g/mol. The van der Waals surface area contributed by atoms with Crippen LogP contribution >= 0.6 is 0 Å². The zero-order valence-corrected chi connectivity index (χ0v) is 13.7. The second-order valence-corrected chi connectivity index (χ2v) is 6.04. The Hall–Kier alpha value is -2.57. The molecule has 0 atom stereocenters. The van der Waals surface area contributed by atoms with E-state index in [4.69, 9.17) is 4.74 Å². The van der Waals surface area contributed by atoms with Gasteiger partial charge in [0.1, 0.15) is 5.75 Å². The van der Waals surface area contributed by atoms with Gasteiger partial charge in [-0.25, -0.2) is 0 Å². The number of carbonyl (C=O) groups is 3. The van der Waals surface area contributed by atoms with Crippen LogP contribution < -0.4 is 10.1 Å². The summed E-state index contributed by atoms with van der Waals surface area (Å²) in [6.07, 6.45) is 0.590. The molecule has 2 heterocycles. The van der Waals surface area contributed by atoms with Crippen molar-refractivity contribution < 1.29 is 19.1 Å². The molecule has 128 valence electrons. The number of carbonyl (C=O) groups excluding carboxylic acids is 3. The van der Waals surface area contributed by atoms with Crippen molar-refractivity contribution >= 4 is 23.4 Å². The minimum absolute atomic E-state index is 0.0269. The van der Waals surface area contributed by atoms with Crippen LogP contribution in [0.5, 0.6) is 5.75 Å². The standard InChI is InChI=1S/C17H21N3O4/c1-12(21)19-5-7-20(8-6-19)17(23)11-13-2-3-15-14(10-13)18-16(22)4-9-24-15/h2-3,10H,4-9,11H2,1H3,(H,18,22). The first-order valence-electron chi connectivity index (χ1n) is 8.12. The van der Waals surface area contributed by atoms with E-state index in [-0.39, 0.29) is 24.1 Å². The quantitative estimate of drug-likeness (QED) is 0.863. The van der Waals surface area contributed by atoms with Crippen molar-refractivity contribution in [1.29, 1.82) is 0 Å². The maximum atomic E-state index is 12.4. The van der Waals surface area contributed by atoms with Crippen molar-refractivity contribution in [1.82, 2.24) is 9.80 Å². The molecule has 3 rings (SSSR count). The van der Waals surface area contributed by atoms with E-state index in [1.165, 1.54) is 0 Å². The summed E-state index contributed by atoms with van der Waals surface area (Å²) in [5.74, 6) is 0.618. The van der Waals surface area contributed by atoms with Gasteiger partial charge in [0.15, 0.2) is 0 Å². The molecule has 1 aromatic rings. The van der Waals surface area contributed by atoms with Crippen molar-refractivity contribution in [2.45, 2.75) is 19.8 Å². The molecule has 24 heavy (non-hydrogen) atoms. The van der Waals surface area contributed by atoms with Crippen molar-refractivity contribution in [2.24, 2.45) is 0 Å². The van der Waals surface area contributed by atoms with Crippen LogP contribution in [0.2, 0.25) is 0 Å². The fraction of sp³-hybridized carbons (Fsp3) is 0.471. The number of piperazine rings is 1. The van der Waals surface area contributed by atoms with Gasteiger partial charge in [0.25, 0.3) is 0 Å². The van der Waals surface area contributed by atoms with E-state index in [0.29, 0.717) is 50.6 Å². The lowest BCUT2D eigenvalue weighted by Crippen LogP contribution is -2.50. The van der Waals surface area contributed by atoms with E-state index < -0.39 is 0 Å². The number of fused-ring (bicyclic) bond motifs is 1. The number of benzene rings is 1. The SMILES string of the molecule is CC(=O)N1CCN(C(=O)Cc2ccc3c(c2)NC(=O)CCO3)CC1. The average Bonchev–Trinajstić information content (AvgIpc) is 2.75. The largest absolute Gasteiger partial charge is 0.491 e. The topological polar surface area (TPSA) is 79.0 Å². The van der Waals surface area contributed by atoms with E-state index in [0.717, 1.165) is 5.56 Å². The first-order chi connectivity index (χ1) is 11.5. The number of amides is 3. The Balaban J connectivity index is 1.63. The van der Waals surface area contributed by atoms with Gasteiger partial charge in [-0.2, -0.15) is 0 Å². The summed E-state index contributed by atoms with van der Waals surface area (Å²) >= 11 is 0. The van der Waals surface area contributed by atoms with Crippen molar-refractivity contribution in [3.63, 3.8) is 0 Å². The summed E-state index contributed by atoms with van der Waals surface area (Å²) < 4.78 is 5.51. The molecule has 1 aromatic carbocycles. The lowest BCUT2D eigenvalue weighted by molar-refractivity contribution is -0.138. The summed E-state index contributed by atoms with van der Waals surface area (Å²) in [6.45, 7) is 4.18. The molecule has 1 N–H and O–H groups in total. The smallest absolute Gasteiger partial charge is 0.227 e. The second kappa shape index (κ2) is 6.90. The maximum Gasteiger partial charge on any atom is 0.227 e. The fourth-order valence-electron chi connectivity index (χ4n) is 2.93. The van der Waals surface area contributed by atoms with Crippen LogP contribution in [0.1, 0.15) is 18.9 Å². The Morgan fingerprint density at radius 1 is 1.17 bits per heavy atom. The lowest BCUT2D eigenvalue weighted by Gasteiger charge is -2.34. The number of hydrogen-bond acceptors (Lipinski definition) is 4. The average molecular weight is 331 g/mol. The molecule has 0 saturated carbocycles. The number of rotatable bonds is 2. The molecule has 0 aliphatic carbocycles. The molecule has 2 aliphatic heterocycles. The van der Waals surface area contributed by atoms with Gasteiger partial charge in [0.05, 0.1) is 25.1 Å². The molecule has 0 bridgehead atoms. The number of nitrogens with one attached hydrogen (secondary N) is 1. The Morgan fingerprint density at radius 3 is 2.58 bits per heavy atom. The van der Waals surface area contributed by atoms with Crippen LogP contribution in [0.3, 0.4) is 0 Å². The van der Waals surface area contributed by atoms with Crippen LogP contribution in [0.4, 0.5) is 5.69 Å². The molecule has 0 spiro atoms. The van der Waals surface area contributed by atoms with E-state index >= 15 is 0 Å². The number of anilines is 1. The Bertz CT molecular complexity index is 666. The van der Waals surface area contributed by atoms with Crippen LogP contribution in [-0.4, -0.2) is 60.3 Å². The van der Waals surface area contributed by atoms with Crippen molar-refractivity contribution in [3.05, 3.63) is 23.8 Å². The van der Waals surface area contributed by atoms with Gasteiger partial charge in [0.2, 0.25) is 17.7 Å². The molecule has 7 heteroatoms. The third kappa shape index (κ3) is 3.67. The van der Waals surface area contributed by atoms with Gasteiger partial charge in [-0.1, -0.05) is 6.07 Å². The number of ether oxygens (including phenoxy) is 1. The third-order valence-corrected chi connectivity index (χ3v) is 4.34. The summed E-state index contributed by atoms with van der Waals surface area (Å²) in [5.41, 5.74) is 1.45. The molecule has 1 fully saturated rings. The third-order valence-electron chi connectivity index (χ3n) is 4.34. The normalized spacial score (nSPS) is 17.5. The summed E-state index contributed by atoms with van der Waals surface area (Å²) in [6, 6.07) is 5.43. The highest BCUT2D eigenvalue weighted by molar-refractivity contribution is 5.93. The van der Waals surface area contributed by atoms with E-state index in [1.807, 2.05) is 6.07 Å². The molecule has 0 radical (unpaired) electrons. The van der Waals surface area contributed by atoms with Crippen LogP contribution in [0.15, 0.2) is 18.2 Å². The van der Waals surface area contributed by atoms with E-state index in [1.54, 1.807) is 28.9 Å². The second-order valence-electron chi connectivity index (χ2n) is 6.04. The van der Waals surface area contributed by atoms with Crippen molar-refractivity contribution in [2.75, 3.05) is 38.1 Å². The Kier molecular flexibility index (Phi) is 4.69. The zero-order chi connectivity index (χ0) is 17.1. The maximum absolute atomic E-state index is 12.4. The molecule has 3 amide bonds. The monoisotopic (exact) mass is 331 g/mol. The van der Waals surface area contributed by atoms with Gasteiger partial charge >= 0.3 is 0 Å². The minimum atomic E-state index is -0.0856. The van der Waals surface area contributed by atoms with Gasteiger partial charge in [-0.15, -0.1) is 0 Å². The fourth-order valence-corrected chi connectivity index (χ4v) is 2.93. The Morgan fingerprint density at radius 2 is 1.88 bits per heavy atom. The van der Waals surface area contributed by atoms with Crippen LogP contribution in [0, 0.1) is 0 Å². The zero-order valence-electron chi connectivity index (χ0n) is 13.7. The summed E-state index contributed by atoms with van der Waals surface area (Å²) in [7, 11) is 0. The number of hydrogen-bond donors (Lipinski definition) is 1. The Labute approximate surface area is 140 Å². The number of nitrogens with zero attached hydrogens (tertiary/aromatic N) is 2. The van der Waals surface area contributed by atoms with Gasteiger partial charge in [0, 0.05) is 33.1 Å². The van der Waals surface area contributed by atoms with Gasteiger partial charge < -0.3 is 19.9 Å². The minimum Gasteiger partial charge on any atom is -0.491 e. The highest BCUT2D eigenvalue weighted by atomic mass is 16.5. The lowest BCUT2D eigenvalue weighted by atomic mass is 10.1. The summed E-state index contributed by atoms with van der Waals surface area (Å²) in [4.78, 5) is 38.9. The molecule has 1 saturated heterocycles. The van der Waals surface area contributed by atoms with Crippen LogP contribution in [0.25, 0.3) is 0 Å². The van der Waals surface area contributed by atoms with E-state index in [2.05, 4.69) is 5.32 Å². The molecule has 0 aromatic heterocycles. The van der Waals surface area contributed by atoms with Crippen molar-refractivity contribution in [3.8, 4) is 5.75 Å². The van der Waals surface area contributed by atoms with Gasteiger partial charge in [-0.05, 0) is 17.7 Å². The predicted molar refractivity (Wildman–Crippen MR) is 87.7 cm³/mol. The molecule has 7 nitrogen and oxygen atoms in total. The van der Waals surface area contributed by atoms with Gasteiger partial charge in [-0.3, -0.25) is 14.4 Å². The molecule has 0 unspecified atom stereocenters. The van der Waals surface area contributed by atoms with Crippen LogP contribution in [-0.2, 0) is 20.8 Å². The molecule has 2 aliphatic rings. The highest BCUT2D eigenvalue weighted by Gasteiger charge is 2.23. The molecular formula is C17H21N3O4. The van der Waals surface area contributed by atoms with E-state index in [9.17, 15) is 14.4 Å². The first-order valence-corrected chi connectivity index (χ1v) is 8.12. The predicted octanol–water partition coefficient (Wildman–Crippen LogP) is 0.641. The first kappa shape index (κ1) is 16.3. The summed E-state index contributed by atoms with van der Waals surface area (Å²) in [5, 5.41) is 2.80.